The number of allylic oxidation sites excluding steroid dienone is 12. The first kappa shape index (κ1) is 21.3. The van der Waals surface area contributed by atoms with Crippen LogP contribution in [0.25, 0.3) is 0 Å². The van der Waals surface area contributed by atoms with Crippen LogP contribution in [-0.4, -0.2) is 5.75 Å². The lowest BCUT2D eigenvalue weighted by Crippen LogP contribution is -1.71. The van der Waals surface area contributed by atoms with Crippen molar-refractivity contribution in [1.82, 2.24) is 0 Å². The van der Waals surface area contributed by atoms with E-state index < -0.39 is 0 Å². The Bertz CT molecular complexity index is 459. The molecule has 0 aliphatic rings. The molecule has 0 aromatic heterocycles. The number of nitrogens with zero attached hydrogens (tertiary/aromatic N) is 1. The first-order chi connectivity index (χ1) is 11.4. The average molecular weight is 328 g/mol. The van der Waals surface area contributed by atoms with E-state index in [1.165, 1.54) is 12.8 Å². The highest BCUT2D eigenvalue weighted by Gasteiger charge is 1.82. The Morgan fingerprint density at radius 2 is 1.04 bits per heavy atom. The molecule has 0 heterocycles. The fourth-order valence-corrected chi connectivity index (χ4v) is 1.85. The van der Waals surface area contributed by atoms with Crippen molar-refractivity contribution in [2.45, 2.75) is 44.9 Å². The molecule has 0 atom stereocenters. The second-order valence-electron chi connectivity index (χ2n) is 4.98. The summed E-state index contributed by atoms with van der Waals surface area (Å²) in [4.78, 5) is 0. The molecule has 0 saturated carbocycles. The van der Waals surface area contributed by atoms with E-state index >= 15 is 0 Å². The van der Waals surface area contributed by atoms with Gasteiger partial charge in [-0.1, -0.05) is 72.9 Å². The molecule has 0 N–H and O–H groups in total. The third-order valence-corrected chi connectivity index (χ3v) is 3.18. The summed E-state index contributed by atoms with van der Waals surface area (Å²) < 4.78 is 0. The summed E-state index contributed by atoms with van der Waals surface area (Å²) in [5.41, 5.74) is 0. The van der Waals surface area contributed by atoms with E-state index in [1.807, 2.05) is 24.3 Å². The quantitative estimate of drug-likeness (QED) is 0.233. The van der Waals surface area contributed by atoms with Gasteiger partial charge in [0, 0.05) is 6.42 Å². The van der Waals surface area contributed by atoms with Crippen LogP contribution in [0.5, 0.6) is 0 Å². The Labute approximate surface area is 147 Å². The van der Waals surface area contributed by atoms with Crippen molar-refractivity contribution in [2.75, 3.05) is 5.75 Å². The SMILES string of the molecule is N#CCC/C=C/C=C/C=C/CCCC/C=C/C=C/C=C/CCS. The molecule has 2 heteroatoms. The summed E-state index contributed by atoms with van der Waals surface area (Å²) >= 11 is 4.15. The lowest BCUT2D eigenvalue weighted by atomic mass is 10.2. The van der Waals surface area contributed by atoms with Crippen LogP contribution in [-0.2, 0) is 0 Å². The van der Waals surface area contributed by atoms with Gasteiger partial charge in [0.25, 0.3) is 0 Å². The second-order valence-corrected chi connectivity index (χ2v) is 5.42. The van der Waals surface area contributed by atoms with Crippen molar-refractivity contribution in [3.63, 3.8) is 0 Å². The van der Waals surface area contributed by atoms with Crippen LogP contribution in [0, 0.1) is 11.3 Å². The minimum Gasteiger partial charge on any atom is -0.198 e. The largest absolute Gasteiger partial charge is 0.198 e. The predicted molar refractivity (Wildman–Crippen MR) is 107 cm³/mol. The predicted octanol–water partition coefficient (Wildman–Crippen LogP) is 6.51. The Hall–Kier alpha value is -1.72. The normalized spacial score (nSPS) is 12.9. The Morgan fingerprint density at radius 3 is 1.48 bits per heavy atom. The van der Waals surface area contributed by atoms with Gasteiger partial charge in [-0.2, -0.15) is 17.9 Å². The van der Waals surface area contributed by atoms with E-state index in [0.717, 1.165) is 31.4 Å². The van der Waals surface area contributed by atoms with Crippen molar-refractivity contribution in [3.05, 3.63) is 72.9 Å². The third-order valence-electron chi connectivity index (χ3n) is 2.92. The molecule has 0 aromatic rings. The molecule has 0 rings (SSSR count). The maximum absolute atomic E-state index is 8.38. The van der Waals surface area contributed by atoms with Gasteiger partial charge in [0.2, 0.25) is 0 Å². The Morgan fingerprint density at radius 1 is 0.609 bits per heavy atom. The van der Waals surface area contributed by atoms with Crippen molar-refractivity contribution in [3.8, 4) is 6.07 Å². The molecule has 0 amide bonds. The molecule has 23 heavy (non-hydrogen) atoms. The summed E-state index contributed by atoms with van der Waals surface area (Å²) in [7, 11) is 0. The average Bonchev–Trinajstić information content (AvgIpc) is 2.57. The summed E-state index contributed by atoms with van der Waals surface area (Å²) in [5, 5.41) is 8.38. The molecule has 0 unspecified atom stereocenters. The Kier molecular flexibility index (Phi) is 18.8. The van der Waals surface area contributed by atoms with Crippen molar-refractivity contribution in [1.29, 1.82) is 5.26 Å². The molecule has 0 aliphatic heterocycles. The van der Waals surface area contributed by atoms with Crippen LogP contribution in [0.3, 0.4) is 0 Å². The molecule has 0 aliphatic carbocycles. The lowest BCUT2D eigenvalue weighted by Gasteiger charge is -1.91. The first-order valence-corrected chi connectivity index (χ1v) is 8.99. The molecule has 0 bridgehead atoms. The van der Waals surface area contributed by atoms with Gasteiger partial charge in [-0.25, -0.2) is 0 Å². The van der Waals surface area contributed by atoms with Gasteiger partial charge < -0.3 is 0 Å². The lowest BCUT2D eigenvalue weighted by molar-refractivity contribution is 0.762. The molecule has 0 spiro atoms. The van der Waals surface area contributed by atoms with Gasteiger partial charge in [0.1, 0.15) is 0 Å². The number of rotatable bonds is 13. The summed E-state index contributed by atoms with van der Waals surface area (Å²) in [6.07, 6.45) is 32.2. The Balaban J connectivity index is 3.48. The van der Waals surface area contributed by atoms with Gasteiger partial charge in [-0.05, 0) is 44.3 Å². The van der Waals surface area contributed by atoms with Crippen LogP contribution >= 0.6 is 12.6 Å². The van der Waals surface area contributed by atoms with Crippen LogP contribution in [0.1, 0.15) is 44.9 Å². The molecule has 124 valence electrons. The van der Waals surface area contributed by atoms with Gasteiger partial charge in [0.15, 0.2) is 0 Å². The monoisotopic (exact) mass is 327 g/mol. The highest BCUT2D eigenvalue weighted by atomic mass is 32.1. The highest BCUT2D eigenvalue weighted by molar-refractivity contribution is 7.80. The van der Waals surface area contributed by atoms with Gasteiger partial charge in [-0.15, -0.1) is 0 Å². The van der Waals surface area contributed by atoms with Gasteiger partial charge in [0.05, 0.1) is 6.07 Å². The molecule has 0 radical (unpaired) electrons. The van der Waals surface area contributed by atoms with Crippen LogP contribution in [0.4, 0.5) is 0 Å². The van der Waals surface area contributed by atoms with Crippen molar-refractivity contribution >= 4 is 12.6 Å². The zero-order valence-corrected chi connectivity index (χ0v) is 14.9. The van der Waals surface area contributed by atoms with Gasteiger partial charge >= 0.3 is 0 Å². The summed E-state index contributed by atoms with van der Waals surface area (Å²) in [5.74, 6) is 0.906. The second kappa shape index (κ2) is 20.3. The maximum Gasteiger partial charge on any atom is 0.0625 e. The summed E-state index contributed by atoms with van der Waals surface area (Å²) in [6, 6.07) is 2.12. The van der Waals surface area contributed by atoms with Gasteiger partial charge in [-0.3, -0.25) is 0 Å². The number of hydrogen-bond acceptors (Lipinski definition) is 2. The summed E-state index contributed by atoms with van der Waals surface area (Å²) in [6.45, 7) is 0. The topological polar surface area (TPSA) is 23.8 Å². The van der Waals surface area contributed by atoms with Crippen LogP contribution in [0.2, 0.25) is 0 Å². The fourth-order valence-electron chi connectivity index (χ4n) is 1.70. The van der Waals surface area contributed by atoms with E-state index in [1.54, 1.807) is 0 Å². The van der Waals surface area contributed by atoms with E-state index in [0.29, 0.717) is 6.42 Å². The van der Waals surface area contributed by atoms with E-state index in [9.17, 15) is 0 Å². The van der Waals surface area contributed by atoms with E-state index in [4.69, 9.17) is 5.26 Å². The van der Waals surface area contributed by atoms with Crippen molar-refractivity contribution in [2.24, 2.45) is 0 Å². The maximum atomic E-state index is 8.38. The molecular formula is C21H29NS. The number of hydrogen-bond donors (Lipinski definition) is 1. The zero-order valence-electron chi connectivity index (χ0n) is 14.0. The molecular weight excluding hydrogens is 298 g/mol. The standard InChI is InChI=1S/C21H29NS/c22-20-18-16-14-12-10-8-6-4-2-1-3-5-7-9-11-13-15-17-19-21-23/h4,6-15,17,23H,1-3,5,16,18-19,21H2/b6-4+,9-7+,10-8+,13-11+,14-12+,17-15+. The highest BCUT2D eigenvalue weighted by Crippen LogP contribution is 2.02. The minimum absolute atomic E-state index is 0.594. The molecule has 0 aromatic carbocycles. The number of thiol groups is 1. The molecule has 1 nitrogen and oxygen atoms in total. The molecule has 0 fully saturated rings. The number of unbranched alkanes of at least 4 members (excludes halogenated alkanes) is 4. The zero-order chi connectivity index (χ0) is 16.8. The van der Waals surface area contributed by atoms with E-state index in [-0.39, 0.29) is 0 Å². The van der Waals surface area contributed by atoms with Crippen LogP contribution < -0.4 is 0 Å². The number of nitriles is 1. The third kappa shape index (κ3) is 20.3. The van der Waals surface area contributed by atoms with Crippen LogP contribution in [0.15, 0.2) is 72.9 Å². The van der Waals surface area contributed by atoms with E-state index in [2.05, 4.69) is 67.3 Å². The smallest absolute Gasteiger partial charge is 0.0625 e. The molecule has 0 saturated heterocycles. The fraction of sp³-hybridized carbons (Fsp3) is 0.381. The first-order valence-electron chi connectivity index (χ1n) is 8.36. The minimum atomic E-state index is 0.594. The van der Waals surface area contributed by atoms with Crippen molar-refractivity contribution < 1.29 is 0 Å².